The van der Waals surface area contributed by atoms with Crippen LogP contribution in [0, 0.1) is 10.1 Å². The molecule has 0 amide bonds. The molecule has 0 aliphatic heterocycles. The highest BCUT2D eigenvalue weighted by atomic mass is 16.6. The van der Waals surface area contributed by atoms with Crippen molar-refractivity contribution in [3.63, 3.8) is 0 Å². The third-order valence-electron chi connectivity index (χ3n) is 1.29. The maximum atomic E-state index is 10.4. The van der Waals surface area contributed by atoms with Crippen LogP contribution < -0.4 is 0 Å². The van der Waals surface area contributed by atoms with Crippen molar-refractivity contribution in [3.05, 3.63) is 22.1 Å². The first-order valence-corrected chi connectivity index (χ1v) is 2.93. The monoisotopic (exact) mass is 171 g/mol. The zero-order valence-electron chi connectivity index (χ0n) is 6.09. The Morgan fingerprint density at radius 2 is 2.42 bits per heavy atom. The summed E-state index contributed by atoms with van der Waals surface area (Å²) < 4.78 is 1.08. The number of hydrogen-bond acceptors (Lipinski definition) is 4. The summed E-state index contributed by atoms with van der Waals surface area (Å²) in [7, 11) is 1.38. The standard InChI is InChI=1S/C5H5N3O4/c1-7-2-6-4(8(11)12)3(7)5(9)10/h2H,1H3,(H,9,10). The lowest BCUT2D eigenvalue weighted by Crippen LogP contribution is -2.06. The second kappa shape index (κ2) is 2.61. The number of aromatic nitrogens is 2. The lowest BCUT2D eigenvalue weighted by molar-refractivity contribution is -0.389. The van der Waals surface area contributed by atoms with Gasteiger partial charge in [-0.05, 0) is 9.91 Å². The summed E-state index contributed by atoms with van der Waals surface area (Å²) in [4.78, 5) is 23.1. The first-order valence-electron chi connectivity index (χ1n) is 2.93. The molecule has 1 N–H and O–H groups in total. The van der Waals surface area contributed by atoms with Crippen molar-refractivity contribution in [2.24, 2.45) is 7.05 Å². The molecule has 0 aliphatic carbocycles. The van der Waals surface area contributed by atoms with Gasteiger partial charge < -0.3 is 19.8 Å². The maximum absolute atomic E-state index is 10.4. The molecule has 0 unspecified atom stereocenters. The molecule has 0 saturated heterocycles. The fraction of sp³-hybridized carbons (Fsp3) is 0.200. The fourth-order valence-electron chi connectivity index (χ4n) is 0.798. The summed E-state index contributed by atoms with van der Waals surface area (Å²) in [5.41, 5.74) is -0.417. The van der Waals surface area contributed by atoms with E-state index in [2.05, 4.69) is 4.98 Å². The van der Waals surface area contributed by atoms with Crippen molar-refractivity contribution in [2.75, 3.05) is 0 Å². The third kappa shape index (κ3) is 1.11. The highest BCUT2D eigenvalue weighted by molar-refractivity contribution is 5.89. The molecule has 0 fully saturated rings. The van der Waals surface area contributed by atoms with E-state index in [1.807, 2.05) is 0 Å². The second-order valence-corrected chi connectivity index (χ2v) is 2.09. The molecule has 1 aromatic rings. The zero-order chi connectivity index (χ0) is 9.30. The Balaban J connectivity index is 3.31. The number of aromatic carboxylic acids is 1. The second-order valence-electron chi connectivity index (χ2n) is 2.09. The molecule has 7 nitrogen and oxygen atoms in total. The minimum absolute atomic E-state index is 0.417. The normalized spacial score (nSPS) is 9.75. The smallest absolute Gasteiger partial charge is 0.396 e. The lowest BCUT2D eigenvalue weighted by atomic mass is 10.4. The van der Waals surface area contributed by atoms with E-state index in [0.29, 0.717) is 0 Å². The van der Waals surface area contributed by atoms with E-state index in [1.165, 1.54) is 7.05 Å². The van der Waals surface area contributed by atoms with Crippen LogP contribution in [0.5, 0.6) is 0 Å². The van der Waals surface area contributed by atoms with Crippen LogP contribution in [0.25, 0.3) is 0 Å². The molecule has 0 saturated carbocycles. The van der Waals surface area contributed by atoms with E-state index in [0.717, 1.165) is 10.9 Å². The van der Waals surface area contributed by atoms with Gasteiger partial charge in [-0.2, -0.15) is 0 Å². The molecule has 7 heteroatoms. The quantitative estimate of drug-likeness (QED) is 0.499. The van der Waals surface area contributed by atoms with E-state index >= 15 is 0 Å². The minimum atomic E-state index is -1.36. The average molecular weight is 171 g/mol. The number of nitro groups is 1. The molecule has 1 rings (SSSR count). The number of rotatable bonds is 2. The molecular formula is C5H5N3O4. The van der Waals surface area contributed by atoms with Crippen LogP contribution >= 0.6 is 0 Å². The summed E-state index contributed by atoms with van der Waals surface area (Å²) in [5, 5.41) is 18.7. The van der Waals surface area contributed by atoms with Crippen LogP contribution in [0.3, 0.4) is 0 Å². The van der Waals surface area contributed by atoms with Crippen molar-refractivity contribution in [2.45, 2.75) is 0 Å². The van der Waals surface area contributed by atoms with Gasteiger partial charge in [0.15, 0.2) is 0 Å². The predicted molar refractivity (Wildman–Crippen MR) is 36.8 cm³/mol. The van der Waals surface area contributed by atoms with Gasteiger partial charge >= 0.3 is 11.8 Å². The van der Waals surface area contributed by atoms with Gasteiger partial charge in [0.05, 0.1) is 0 Å². The highest BCUT2D eigenvalue weighted by Crippen LogP contribution is 2.14. The van der Waals surface area contributed by atoms with Gasteiger partial charge in [-0.1, -0.05) is 0 Å². The van der Waals surface area contributed by atoms with Crippen molar-refractivity contribution in [1.82, 2.24) is 9.55 Å². The van der Waals surface area contributed by atoms with Crippen molar-refractivity contribution in [3.8, 4) is 0 Å². The Kier molecular flexibility index (Phi) is 1.78. The summed E-state index contributed by atoms with van der Waals surface area (Å²) in [6.45, 7) is 0. The summed E-state index contributed by atoms with van der Waals surface area (Å²) in [5.74, 6) is -1.99. The lowest BCUT2D eigenvalue weighted by Gasteiger charge is -1.93. The van der Waals surface area contributed by atoms with E-state index in [1.54, 1.807) is 0 Å². The van der Waals surface area contributed by atoms with E-state index in [-0.39, 0.29) is 0 Å². The Labute approximate surface area is 66.4 Å². The van der Waals surface area contributed by atoms with E-state index < -0.39 is 22.4 Å². The topological polar surface area (TPSA) is 98.3 Å². The van der Waals surface area contributed by atoms with Gasteiger partial charge in [-0.3, -0.25) is 0 Å². The number of carboxylic acids is 1. The van der Waals surface area contributed by atoms with Gasteiger partial charge in [0.25, 0.3) is 0 Å². The van der Waals surface area contributed by atoms with Crippen LogP contribution in [0.15, 0.2) is 6.33 Å². The average Bonchev–Trinajstić information content (AvgIpc) is 2.30. The van der Waals surface area contributed by atoms with E-state index in [4.69, 9.17) is 5.11 Å². The van der Waals surface area contributed by atoms with Crippen LogP contribution in [0.1, 0.15) is 10.5 Å². The molecule has 0 radical (unpaired) electrons. The van der Waals surface area contributed by atoms with Crippen molar-refractivity contribution in [1.29, 1.82) is 0 Å². The zero-order valence-corrected chi connectivity index (χ0v) is 6.09. The van der Waals surface area contributed by atoms with Gasteiger partial charge in [-0.15, -0.1) is 0 Å². The molecule has 0 bridgehead atoms. The summed E-state index contributed by atoms with van der Waals surface area (Å²) in [6, 6.07) is 0. The Hall–Kier alpha value is -1.92. The molecule has 0 aromatic carbocycles. The van der Waals surface area contributed by atoms with Gasteiger partial charge in [0.2, 0.25) is 12.0 Å². The van der Waals surface area contributed by atoms with Crippen molar-refractivity contribution >= 4 is 11.8 Å². The summed E-state index contributed by atoms with van der Waals surface area (Å²) >= 11 is 0. The molecule has 0 spiro atoms. The number of imidazole rings is 1. The van der Waals surface area contributed by atoms with Crippen LogP contribution in [-0.4, -0.2) is 25.6 Å². The number of nitrogens with zero attached hydrogens (tertiary/aromatic N) is 3. The predicted octanol–water partition coefficient (Wildman–Crippen LogP) is 0.0265. The first kappa shape index (κ1) is 8.18. The number of carboxylic acid groups (broad SMARTS) is 1. The largest absolute Gasteiger partial charge is 0.476 e. The Morgan fingerprint density at radius 1 is 1.83 bits per heavy atom. The van der Waals surface area contributed by atoms with Crippen LogP contribution in [-0.2, 0) is 7.05 Å². The molecule has 1 heterocycles. The first-order chi connectivity index (χ1) is 5.54. The molecule has 0 atom stereocenters. The molecule has 12 heavy (non-hydrogen) atoms. The van der Waals surface area contributed by atoms with Crippen LogP contribution in [0.4, 0.5) is 5.82 Å². The number of hydrogen-bond donors (Lipinski definition) is 1. The van der Waals surface area contributed by atoms with E-state index in [9.17, 15) is 14.9 Å². The SMILES string of the molecule is Cn1cnc([N+](=O)[O-])c1C(=O)O. The fourth-order valence-corrected chi connectivity index (χ4v) is 0.798. The van der Waals surface area contributed by atoms with Gasteiger partial charge in [-0.25, -0.2) is 4.79 Å². The van der Waals surface area contributed by atoms with Gasteiger partial charge in [0, 0.05) is 7.05 Å². The maximum Gasteiger partial charge on any atom is 0.396 e. The van der Waals surface area contributed by atoms with Crippen LogP contribution in [0.2, 0.25) is 0 Å². The molecule has 64 valence electrons. The minimum Gasteiger partial charge on any atom is -0.476 e. The Bertz CT molecular complexity index is 342. The highest BCUT2D eigenvalue weighted by Gasteiger charge is 2.25. The number of aryl methyl sites for hydroxylation is 1. The van der Waals surface area contributed by atoms with Gasteiger partial charge in [0.1, 0.15) is 0 Å². The van der Waals surface area contributed by atoms with Crippen molar-refractivity contribution < 1.29 is 14.8 Å². The molecular weight excluding hydrogens is 166 g/mol. The number of carbonyl (C=O) groups is 1. The molecule has 1 aromatic heterocycles. The molecule has 0 aliphatic rings. The Morgan fingerprint density at radius 3 is 2.75 bits per heavy atom. The third-order valence-corrected chi connectivity index (χ3v) is 1.29. The summed E-state index contributed by atoms with van der Waals surface area (Å²) in [6.07, 6.45) is 1.08.